The molecule has 1 aliphatic carbocycles. The predicted molar refractivity (Wildman–Crippen MR) is 237 cm³/mol. The van der Waals surface area contributed by atoms with Gasteiger partial charge in [-0.25, -0.2) is 0 Å². The van der Waals surface area contributed by atoms with Gasteiger partial charge in [0, 0.05) is 27.9 Å². The molecule has 0 atom stereocenters. The van der Waals surface area contributed by atoms with Crippen molar-refractivity contribution >= 4 is 39.0 Å². The van der Waals surface area contributed by atoms with Gasteiger partial charge in [0.15, 0.2) is 0 Å². The Balaban J connectivity index is 1.07. The van der Waals surface area contributed by atoms with Gasteiger partial charge in [-0.15, -0.1) is 0 Å². The quantitative estimate of drug-likeness (QED) is 0.176. The van der Waals surface area contributed by atoms with Gasteiger partial charge in [-0.2, -0.15) is 0 Å². The summed E-state index contributed by atoms with van der Waals surface area (Å²) in [5.41, 5.74) is 16.4. The van der Waals surface area contributed by atoms with E-state index in [1.807, 2.05) is 12.1 Å². The minimum absolute atomic E-state index is 0.535. The van der Waals surface area contributed by atoms with Crippen molar-refractivity contribution < 1.29 is 9.15 Å². The lowest BCUT2D eigenvalue weighted by Crippen LogP contribution is -2.32. The molecule has 1 spiro atoms. The molecule has 0 fully saturated rings. The van der Waals surface area contributed by atoms with Crippen molar-refractivity contribution in [1.29, 1.82) is 0 Å². The molecule has 2 aliphatic rings. The van der Waals surface area contributed by atoms with Crippen molar-refractivity contribution in [3.05, 3.63) is 235 Å². The topological polar surface area (TPSA) is 25.6 Å². The molecule has 0 N–H and O–H groups in total. The molecule has 2 heterocycles. The number of furan rings is 1. The maximum absolute atomic E-state index is 6.61. The molecule has 12 rings (SSSR count). The molecule has 9 aromatic carbocycles. The summed E-state index contributed by atoms with van der Waals surface area (Å²) < 4.78 is 13.1. The van der Waals surface area contributed by atoms with Gasteiger partial charge in [-0.1, -0.05) is 152 Å². The molecule has 3 heteroatoms. The van der Waals surface area contributed by atoms with E-state index in [-0.39, 0.29) is 0 Å². The first-order chi connectivity index (χ1) is 28.8. The Morgan fingerprint density at radius 2 is 0.914 bits per heavy atom. The molecule has 0 radical (unpaired) electrons. The van der Waals surface area contributed by atoms with Gasteiger partial charge in [0.2, 0.25) is 0 Å². The number of fused-ring (bicyclic) bond motifs is 12. The highest BCUT2D eigenvalue weighted by Crippen LogP contribution is 2.62. The van der Waals surface area contributed by atoms with Crippen LogP contribution in [0.2, 0.25) is 0 Å². The fourth-order valence-corrected chi connectivity index (χ4v) is 9.68. The Morgan fingerprint density at radius 3 is 1.67 bits per heavy atom. The zero-order valence-corrected chi connectivity index (χ0v) is 31.5. The normalized spacial score (nSPS) is 13.1. The van der Waals surface area contributed by atoms with E-state index in [9.17, 15) is 0 Å². The van der Waals surface area contributed by atoms with Crippen LogP contribution >= 0.6 is 0 Å². The zero-order chi connectivity index (χ0) is 38.2. The fraction of sp³-hybridized carbons (Fsp3) is 0.0182. The van der Waals surface area contributed by atoms with Gasteiger partial charge in [0.25, 0.3) is 0 Å². The number of nitrogens with zero attached hydrogens (tertiary/aromatic N) is 1. The second kappa shape index (κ2) is 12.7. The molecule has 58 heavy (non-hydrogen) atoms. The van der Waals surface area contributed by atoms with E-state index < -0.39 is 5.41 Å². The smallest absolute Gasteiger partial charge is 0.137 e. The Bertz CT molecular complexity index is 3190. The number of anilines is 3. The highest BCUT2D eigenvalue weighted by molar-refractivity contribution is 6.13. The lowest BCUT2D eigenvalue weighted by Gasteiger charge is -2.39. The molecule has 0 saturated carbocycles. The van der Waals surface area contributed by atoms with Crippen LogP contribution in [0.3, 0.4) is 0 Å². The van der Waals surface area contributed by atoms with Crippen molar-refractivity contribution in [2.24, 2.45) is 0 Å². The van der Waals surface area contributed by atoms with Crippen molar-refractivity contribution in [3.63, 3.8) is 0 Å². The lowest BCUT2D eigenvalue weighted by atomic mass is 9.66. The van der Waals surface area contributed by atoms with Crippen LogP contribution in [0.5, 0.6) is 11.5 Å². The average molecular weight is 742 g/mol. The Hall–Kier alpha value is -7.62. The van der Waals surface area contributed by atoms with E-state index in [4.69, 9.17) is 9.15 Å². The molecule has 0 amide bonds. The minimum atomic E-state index is -0.535. The van der Waals surface area contributed by atoms with E-state index >= 15 is 0 Å². The highest BCUT2D eigenvalue weighted by Gasteiger charge is 2.51. The summed E-state index contributed by atoms with van der Waals surface area (Å²) in [6.45, 7) is 0. The molecule has 0 saturated heterocycles. The minimum Gasteiger partial charge on any atom is -0.457 e. The number of para-hydroxylation sites is 3. The van der Waals surface area contributed by atoms with Crippen molar-refractivity contribution in [2.75, 3.05) is 4.90 Å². The van der Waals surface area contributed by atoms with Crippen LogP contribution in [0.4, 0.5) is 17.1 Å². The van der Waals surface area contributed by atoms with Crippen LogP contribution in [0.15, 0.2) is 217 Å². The van der Waals surface area contributed by atoms with Crippen molar-refractivity contribution in [1.82, 2.24) is 0 Å². The maximum Gasteiger partial charge on any atom is 0.137 e. The first-order valence-electron chi connectivity index (χ1n) is 19.8. The highest BCUT2D eigenvalue weighted by atomic mass is 16.5. The second-order valence-electron chi connectivity index (χ2n) is 15.2. The average Bonchev–Trinajstić information content (AvgIpc) is 3.81. The van der Waals surface area contributed by atoms with Gasteiger partial charge in [-0.05, 0) is 105 Å². The number of ether oxygens (including phenoxy) is 1. The third-order valence-corrected chi connectivity index (χ3v) is 12.1. The summed E-state index contributed by atoms with van der Waals surface area (Å²) in [6.07, 6.45) is 0. The van der Waals surface area contributed by atoms with Crippen LogP contribution in [0, 0.1) is 0 Å². The van der Waals surface area contributed by atoms with E-state index in [0.29, 0.717) is 0 Å². The number of benzene rings is 9. The van der Waals surface area contributed by atoms with E-state index in [0.717, 1.165) is 78.3 Å². The molecule has 3 nitrogen and oxygen atoms in total. The molecule has 272 valence electrons. The van der Waals surface area contributed by atoms with Crippen LogP contribution in [0.1, 0.15) is 22.3 Å². The van der Waals surface area contributed by atoms with Crippen LogP contribution in [-0.2, 0) is 5.41 Å². The molecular formula is C55H35NO2. The molecule has 1 aliphatic heterocycles. The molecular weight excluding hydrogens is 707 g/mol. The van der Waals surface area contributed by atoms with Crippen LogP contribution < -0.4 is 9.64 Å². The SMILES string of the molecule is c1ccc(-c2cccc(N(c3cccc(-c4ccc5c(c4)C4(c6ccccc6Oc6ccccc64)c4ccccc4-5)c3)c3cccc4oc5ccccc5c34)c2)cc1. The van der Waals surface area contributed by atoms with E-state index in [2.05, 4.69) is 205 Å². The predicted octanol–water partition coefficient (Wildman–Crippen LogP) is 14.9. The second-order valence-corrected chi connectivity index (χ2v) is 15.2. The standard InChI is InChI=1S/C55H35NO2/c1-2-15-36(16-3-1)37-17-12-19-40(33-37)56(49-26-14-30-53-54(49)44-22-5-9-27-50(44)57-53)41-20-13-18-38(34-41)39-31-32-43-42-21-4-6-23-45(42)55(48(43)35-39)46-24-7-10-28-51(46)58-52-29-11-8-25-47(52)55/h1-35H. The van der Waals surface area contributed by atoms with Gasteiger partial charge in [0.05, 0.1) is 16.5 Å². The molecule has 10 aromatic rings. The third kappa shape index (κ3) is 4.74. The molecule has 0 unspecified atom stereocenters. The summed E-state index contributed by atoms with van der Waals surface area (Å²) in [7, 11) is 0. The number of hydrogen-bond donors (Lipinski definition) is 0. The zero-order valence-electron chi connectivity index (χ0n) is 31.5. The van der Waals surface area contributed by atoms with Gasteiger partial charge in [-0.3, -0.25) is 0 Å². The number of rotatable bonds is 5. The van der Waals surface area contributed by atoms with Gasteiger partial charge in [0.1, 0.15) is 22.7 Å². The maximum atomic E-state index is 6.61. The lowest BCUT2D eigenvalue weighted by molar-refractivity contribution is 0.436. The van der Waals surface area contributed by atoms with E-state index in [1.54, 1.807) is 0 Å². The van der Waals surface area contributed by atoms with Gasteiger partial charge < -0.3 is 14.1 Å². The first-order valence-corrected chi connectivity index (χ1v) is 19.8. The number of hydrogen-bond acceptors (Lipinski definition) is 3. The largest absolute Gasteiger partial charge is 0.457 e. The summed E-state index contributed by atoms with van der Waals surface area (Å²) in [5, 5.41) is 2.18. The summed E-state index contributed by atoms with van der Waals surface area (Å²) in [6, 6.07) is 76.1. The van der Waals surface area contributed by atoms with Crippen LogP contribution in [-0.4, -0.2) is 0 Å². The molecule has 0 bridgehead atoms. The summed E-state index contributed by atoms with van der Waals surface area (Å²) in [4.78, 5) is 2.38. The summed E-state index contributed by atoms with van der Waals surface area (Å²) in [5.74, 6) is 1.79. The van der Waals surface area contributed by atoms with Crippen molar-refractivity contribution in [3.8, 4) is 44.9 Å². The first kappa shape index (κ1) is 32.6. The monoisotopic (exact) mass is 741 g/mol. The van der Waals surface area contributed by atoms with E-state index in [1.165, 1.54) is 27.8 Å². The fourth-order valence-electron chi connectivity index (χ4n) is 9.68. The Labute approximate surface area is 336 Å². The Morgan fingerprint density at radius 1 is 0.362 bits per heavy atom. The summed E-state index contributed by atoms with van der Waals surface area (Å²) >= 11 is 0. The van der Waals surface area contributed by atoms with Gasteiger partial charge >= 0.3 is 0 Å². The third-order valence-electron chi connectivity index (χ3n) is 12.1. The molecule has 1 aromatic heterocycles. The van der Waals surface area contributed by atoms with Crippen molar-refractivity contribution in [2.45, 2.75) is 5.41 Å². The van der Waals surface area contributed by atoms with Crippen LogP contribution in [0.25, 0.3) is 55.3 Å². The Kier molecular flexibility index (Phi) is 7.14.